The van der Waals surface area contributed by atoms with Crippen molar-refractivity contribution in [3.05, 3.63) is 64.7 Å². The molecule has 1 aliphatic heterocycles. The van der Waals surface area contributed by atoms with Crippen LogP contribution in [0.25, 0.3) is 0 Å². The van der Waals surface area contributed by atoms with Gasteiger partial charge in [0.05, 0.1) is 11.1 Å². The Morgan fingerprint density at radius 1 is 0.917 bits per heavy atom. The molecule has 2 N–H and O–H groups in total. The van der Waals surface area contributed by atoms with Gasteiger partial charge in [-0.15, -0.1) is 0 Å². The highest BCUT2D eigenvalue weighted by Crippen LogP contribution is 2.22. The zero-order valence-electron chi connectivity index (χ0n) is 13.4. The lowest BCUT2D eigenvalue weighted by atomic mass is 10.1. The van der Waals surface area contributed by atoms with Crippen molar-refractivity contribution in [2.75, 3.05) is 12.0 Å². The molecule has 4 amide bonds. The number of benzene rings is 2. The quantitative estimate of drug-likeness (QED) is 0.852. The molecule has 0 saturated heterocycles. The molecule has 0 spiro atoms. The second-order valence-electron chi connectivity index (χ2n) is 5.64. The fraction of sp³-hybridized carbons (Fsp3) is 0.167. The number of imide groups is 1. The smallest absolute Gasteiger partial charge is 0.320 e. The predicted molar refractivity (Wildman–Crippen MR) is 89.9 cm³/mol. The number of rotatable bonds is 3. The third-order valence-corrected chi connectivity index (χ3v) is 4.00. The first-order valence-corrected chi connectivity index (χ1v) is 7.55. The fourth-order valence-corrected chi connectivity index (χ4v) is 2.70. The maximum Gasteiger partial charge on any atom is 0.320 e. The Morgan fingerprint density at radius 3 is 2.00 bits per heavy atom. The molecular formula is C18H17N3O3. The zero-order chi connectivity index (χ0) is 17.3. The number of urea groups is 1. The van der Waals surface area contributed by atoms with Gasteiger partial charge in [0, 0.05) is 5.69 Å². The van der Waals surface area contributed by atoms with Crippen LogP contribution < -0.4 is 10.6 Å². The second kappa shape index (κ2) is 6.16. The lowest BCUT2D eigenvalue weighted by molar-refractivity contribution is 0.0648. The van der Waals surface area contributed by atoms with Crippen LogP contribution >= 0.6 is 0 Å². The van der Waals surface area contributed by atoms with Crippen LogP contribution in [-0.4, -0.2) is 29.4 Å². The summed E-state index contributed by atoms with van der Waals surface area (Å²) in [6.07, 6.45) is 0. The Morgan fingerprint density at radius 2 is 1.46 bits per heavy atom. The molecule has 0 unspecified atom stereocenters. The second-order valence-corrected chi connectivity index (χ2v) is 5.64. The molecule has 122 valence electrons. The van der Waals surface area contributed by atoms with Gasteiger partial charge in [-0.2, -0.15) is 0 Å². The average Bonchev–Trinajstić information content (AvgIpc) is 2.81. The number of nitrogens with zero attached hydrogens (tertiary/aromatic N) is 1. The Kier molecular flexibility index (Phi) is 4.04. The van der Waals surface area contributed by atoms with E-state index in [9.17, 15) is 14.4 Å². The molecular weight excluding hydrogens is 306 g/mol. The van der Waals surface area contributed by atoms with Crippen molar-refractivity contribution in [3.63, 3.8) is 0 Å². The van der Waals surface area contributed by atoms with Crippen LogP contribution in [0, 0.1) is 13.8 Å². The summed E-state index contributed by atoms with van der Waals surface area (Å²) in [4.78, 5) is 37.6. The molecule has 0 saturated carbocycles. The van der Waals surface area contributed by atoms with E-state index in [-0.39, 0.29) is 6.67 Å². The van der Waals surface area contributed by atoms with Gasteiger partial charge in [0.1, 0.15) is 6.67 Å². The van der Waals surface area contributed by atoms with Crippen LogP contribution in [0.1, 0.15) is 31.8 Å². The topological polar surface area (TPSA) is 78.5 Å². The number of amides is 4. The van der Waals surface area contributed by atoms with E-state index in [4.69, 9.17) is 0 Å². The van der Waals surface area contributed by atoms with Gasteiger partial charge in [0.2, 0.25) is 0 Å². The van der Waals surface area contributed by atoms with Crippen LogP contribution in [-0.2, 0) is 0 Å². The van der Waals surface area contributed by atoms with Crippen molar-refractivity contribution in [2.45, 2.75) is 13.8 Å². The first-order valence-electron chi connectivity index (χ1n) is 7.55. The van der Waals surface area contributed by atoms with Gasteiger partial charge in [-0.05, 0) is 37.1 Å². The molecule has 0 aliphatic carbocycles. The number of carbonyl (C=O) groups excluding carboxylic acids is 3. The van der Waals surface area contributed by atoms with E-state index in [0.29, 0.717) is 11.1 Å². The van der Waals surface area contributed by atoms with Crippen molar-refractivity contribution >= 4 is 23.5 Å². The molecule has 1 aliphatic rings. The van der Waals surface area contributed by atoms with E-state index in [2.05, 4.69) is 10.6 Å². The van der Waals surface area contributed by atoms with Gasteiger partial charge in [-0.25, -0.2) is 4.79 Å². The third-order valence-electron chi connectivity index (χ3n) is 4.00. The molecule has 0 atom stereocenters. The van der Waals surface area contributed by atoms with Gasteiger partial charge in [-0.3, -0.25) is 14.5 Å². The van der Waals surface area contributed by atoms with Crippen molar-refractivity contribution < 1.29 is 14.4 Å². The van der Waals surface area contributed by atoms with Crippen LogP contribution in [0.15, 0.2) is 42.5 Å². The summed E-state index contributed by atoms with van der Waals surface area (Å²) in [5.74, 6) is -0.800. The normalized spacial score (nSPS) is 13.0. The molecule has 6 nitrogen and oxygen atoms in total. The number of fused-ring (bicyclic) bond motifs is 1. The van der Waals surface area contributed by atoms with E-state index in [1.165, 1.54) is 0 Å². The van der Waals surface area contributed by atoms with E-state index < -0.39 is 17.8 Å². The van der Waals surface area contributed by atoms with Gasteiger partial charge >= 0.3 is 6.03 Å². The number of aryl methyl sites for hydroxylation is 2. The van der Waals surface area contributed by atoms with E-state index in [0.717, 1.165) is 21.7 Å². The van der Waals surface area contributed by atoms with Crippen molar-refractivity contribution in [3.8, 4) is 0 Å². The first-order chi connectivity index (χ1) is 11.5. The molecule has 24 heavy (non-hydrogen) atoms. The largest absolute Gasteiger partial charge is 0.320 e. The van der Waals surface area contributed by atoms with Gasteiger partial charge in [0.25, 0.3) is 11.8 Å². The molecule has 0 aromatic heterocycles. The monoisotopic (exact) mass is 323 g/mol. The highest BCUT2D eigenvalue weighted by molar-refractivity contribution is 6.21. The third kappa shape index (κ3) is 2.74. The van der Waals surface area contributed by atoms with E-state index in [1.807, 2.05) is 32.0 Å². The first kappa shape index (κ1) is 15.7. The predicted octanol–water partition coefficient (Wildman–Crippen LogP) is 2.68. The molecule has 0 bridgehead atoms. The number of anilines is 1. The lowest BCUT2D eigenvalue weighted by Crippen LogP contribution is -2.42. The summed E-state index contributed by atoms with van der Waals surface area (Å²) in [6.45, 7) is 3.61. The highest BCUT2D eigenvalue weighted by atomic mass is 16.2. The Balaban J connectivity index is 1.66. The molecule has 1 heterocycles. The number of hydrogen-bond acceptors (Lipinski definition) is 3. The molecule has 0 radical (unpaired) electrons. The van der Waals surface area contributed by atoms with E-state index >= 15 is 0 Å². The Labute approximate surface area is 139 Å². The van der Waals surface area contributed by atoms with Crippen LogP contribution in [0.3, 0.4) is 0 Å². The summed E-state index contributed by atoms with van der Waals surface area (Å²) in [6, 6.07) is 11.8. The molecule has 3 rings (SSSR count). The van der Waals surface area contributed by atoms with Crippen molar-refractivity contribution in [1.82, 2.24) is 10.2 Å². The summed E-state index contributed by atoms with van der Waals surface area (Å²) >= 11 is 0. The number of carbonyl (C=O) groups is 3. The fourth-order valence-electron chi connectivity index (χ4n) is 2.70. The highest BCUT2D eigenvalue weighted by Gasteiger charge is 2.35. The van der Waals surface area contributed by atoms with Gasteiger partial charge in [0.15, 0.2) is 0 Å². The average molecular weight is 323 g/mol. The lowest BCUT2D eigenvalue weighted by Gasteiger charge is -2.16. The molecule has 6 heteroatoms. The molecule has 2 aromatic carbocycles. The molecule has 0 fully saturated rings. The minimum atomic E-state index is -0.469. The van der Waals surface area contributed by atoms with Crippen LogP contribution in [0.2, 0.25) is 0 Å². The zero-order valence-corrected chi connectivity index (χ0v) is 13.4. The summed E-state index contributed by atoms with van der Waals surface area (Å²) in [7, 11) is 0. The van der Waals surface area contributed by atoms with Crippen molar-refractivity contribution in [1.29, 1.82) is 0 Å². The molecule has 2 aromatic rings. The number of hydrogen-bond donors (Lipinski definition) is 2. The standard InChI is InChI=1S/C18H17N3O3/c1-11-6-5-7-12(2)15(11)20-18(24)19-10-21-16(22)13-8-3-4-9-14(13)17(21)23/h3-9H,10H2,1-2H3,(H2,19,20,24). The maximum atomic E-state index is 12.2. The van der Waals surface area contributed by atoms with E-state index in [1.54, 1.807) is 24.3 Å². The Hall–Kier alpha value is -3.15. The van der Waals surface area contributed by atoms with Crippen LogP contribution in [0.5, 0.6) is 0 Å². The number of para-hydroxylation sites is 1. The van der Waals surface area contributed by atoms with Crippen molar-refractivity contribution in [2.24, 2.45) is 0 Å². The van der Waals surface area contributed by atoms with Gasteiger partial charge in [-0.1, -0.05) is 30.3 Å². The Bertz CT molecular complexity index is 790. The maximum absolute atomic E-state index is 12.2. The summed E-state index contributed by atoms with van der Waals surface area (Å²) < 4.78 is 0. The van der Waals surface area contributed by atoms with Crippen LogP contribution in [0.4, 0.5) is 10.5 Å². The summed E-state index contributed by atoms with van der Waals surface area (Å²) in [5.41, 5.74) is 3.31. The number of nitrogens with one attached hydrogen (secondary N) is 2. The SMILES string of the molecule is Cc1cccc(C)c1NC(=O)NCN1C(=O)c2ccccc2C1=O. The summed E-state index contributed by atoms with van der Waals surface area (Å²) in [5, 5.41) is 5.31. The minimum absolute atomic E-state index is 0.177. The van der Waals surface area contributed by atoms with Gasteiger partial charge < -0.3 is 10.6 Å². The minimum Gasteiger partial charge on any atom is -0.320 e.